The normalized spacial score (nSPS) is 20.6. The molecule has 0 amide bonds. The van der Waals surface area contributed by atoms with Gasteiger partial charge in [0.05, 0.1) is 13.1 Å². The maximum atomic E-state index is 6.59. The summed E-state index contributed by atoms with van der Waals surface area (Å²) >= 11 is 0. The molecule has 1 aliphatic rings. The summed E-state index contributed by atoms with van der Waals surface area (Å²) < 4.78 is 13.2. The summed E-state index contributed by atoms with van der Waals surface area (Å²) in [4.78, 5) is 1.63. The van der Waals surface area contributed by atoms with Crippen molar-refractivity contribution in [3.8, 4) is 0 Å². The Labute approximate surface area is 134 Å². The maximum Gasteiger partial charge on any atom is 0.350 e. The Bertz CT molecular complexity index is 335. The van der Waals surface area contributed by atoms with E-state index in [1.54, 1.807) is 4.90 Å². The van der Waals surface area contributed by atoms with Crippen LogP contribution in [0.2, 0.25) is 45.8 Å². The van der Waals surface area contributed by atoms with Gasteiger partial charge in [-0.25, -0.2) is 0 Å². The minimum absolute atomic E-state index is 0. The number of halogens is 1. The topological polar surface area (TPSA) is 22.9 Å². The zero-order chi connectivity index (χ0) is 14.9. The molecule has 0 aromatic carbocycles. The largest absolute Gasteiger partial charge is 1.00 e. The van der Waals surface area contributed by atoms with Crippen LogP contribution >= 0.6 is 0 Å². The summed E-state index contributed by atoms with van der Waals surface area (Å²) in [6.07, 6.45) is 2.39. The van der Waals surface area contributed by atoms with E-state index in [4.69, 9.17) is 8.23 Å². The fourth-order valence-electron chi connectivity index (χ4n) is 2.62. The summed E-state index contributed by atoms with van der Waals surface area (Å²) in [6.45, 7) is 21.6. The van der Waals surface area contributed by atoms with Crippen molar-refractivity contribution in [2.75, 3.05) is 19.6 Å². The number of hydrogen-bond acceptors (Lipinski definition) is 2. The molecule has 0 saturated carbocycles. The molecule has 20 heavy (non-hydrogen) atoms. The molecule has 0 fully saturated rings. The lowest BCUT2D eigenvalue weighted by Gasteiger charge is -2.38. The lowest BCUT2D eigenvalue weighted by molar-refractivity contribution is -0.881. The lowest BCUT2D eigenvalue weighted by atomic mass is 10.6. The molecule has 0 aromatic rings. The van der Waals surface area contributed by atoms with Gasteiger partial charge in [0.25, 0.3) is 0 Å². The van der Waals surface area contributed by atoms with Gasteiger partial charge < -0.3 is 25.5 Å². The smallest absolute Gasteiger partial charge is 0.350 e. The van der Waals surface area contributed by atoms with E-state index in [9.17, 15) is 0 Å². The highest BCUT2D eigenvalue weighted by Gasteiger charge is 2.46. The maximum absolute atomic E-state index is 6.59. The minimum atomic E-state index is -2.18. The Morgan fingerprint density at radius 2 is 1.45 bits per heavy atom. The summed E-state index contributed by atoms with van der Waals surface area (Å²) in [5.41, 5.74) is 0. The van der Waals surface area contributed by atoms with Gasteiger partial charge in [-0.1, -0.05) is 0 Å². The highest BCUT2D eigenvalue weighted by atomic mass is 35.5. The molecule has 0 radical (unpaired) electrons. The number of quaternary nitrogens is 1. The fourth-order valence-corrected chi connectivity index (χ4v) is 14.6. The highest BCUT2D eigenvalue weighted by Crippen LogP contribution is 2.27. The first-order valence-electron chi connectivity index (χ1n) is 7.38. The van der Waals surface area contributed by atoms with Gasteiger partial charge in [-0.3, -0.25) is 0 Å². The van der Waals surface area contributed by atoms with Gasteiger partial charge in [0.15, 0.2) is 16.6 Å². The van der Waals surface area contributed by atoms with Crippen molar-refractivity contribution in [3.63, 3.8) is 0 Å². The van der Waals surface area contributed by atoms with Crippen LogP contribution < -0.4 is 17.3 Å². The van der Waals surface area contributed by atoms with E-state index in [0.717, 1.165) is 13.1 Å². The molecule has 0 saturated heterocycles. The third-order valence-corrected chi connectivity index (χ3v) is 12.7. The predicted molar refractivity (Wildman–Crippen MR) is 89.8 cm³/mol. The first-order valence-corrected chi connectivity index (χ1v) is 16.5. The number of nitrogens with one attached hydrogen (secondary N) is 1. The molecule has 1 rings (SSSR count). The van der Waals surface area contributed by atoms with Gasteiger partial charge in [-0.2, -0.15) is 0 Å². The van der Waals surface area contributed by atoms with Gasteiger partial charge in [-0.05, 0) is 58.8 Å². The van der Waals surface area contributed by atoms with Crippen molar-refractivity contribution in [2.24, 2.45) is 0 Å². The van der Waals surface area contributed by atoms with Crippen molar-refractivity contribution in [2.45, 2.75) is 52.8 Å². The molecule has 120 valence electrons. The van der Waals surface area contributed by atoms with Crippen LogP contribution in [-0.2, 0) is 8.23 Å². The van der Waals surface area contributed by atoms with Crippen LogP contribution in [-0.4, -0.2) is 44.8 Å². The molecule has 1 atom stereocenters. The monoisotopic (exact) mass is 353 g/mol. The van der Waals surface area contributed by atoms with Crippen LogP contribution in [0, 0.1) is 0 Å². The van der Waals surface area contributed by atoms with Gasteiger partial charge in [-0.15, -0.1) is 0 Å². The number of likely N-dealkylation sites (N-methyl/N-ethyl adjacent to an activating group) is 1. The highest BCUT2D eigenvalue weighted by molar-refractivity contribution is 6.91. The molecule has 0 aromatic heterocycles. The van der Waals surface area contributed by atoms with Gasteiger partial charge >= 0.3 is 8.56 Å². The van der Waals surface area contributed by atoms with Gasteiger partial charge in [0.1, 0.15) is 6.54 Å². The quantitative estimate of drug-likeness (QED) is 0.629. The summed E-state index contributed by atoms with van der Waals surface area (Å²) in [5, 5.41) is 1.48. The van der Waals surface area contributed by atoms with E-state index in [2.05, 4.69) is 58.8 Å². The Balaban J connectivity index is 0.00000361. The molecule has 3 nitrogen and oxygen atoms in total. The second kappa shape index (κ2) is 7.22. The molecular weight excluding hydrogens is 322 g/mol. The molecule has 0 spiro atoms. The standard InChI is InChI=1S/C13H31NO2Si3.ClH/c1-9-14-11-10-13(12-14)19(8,15-17(2,3)4)16-18(5,6)7;/h10H,9,11-12H2,1-8H3;1H. The van der Waals surface area contributed by atoms with Crippen LogP contribution in [0.15, 0.2) is 11.3 Å². The van der Waals surface area contributed by atoms with Crippen LogP contribution in [0.4, 0.5) is 0 Å². The predicted octanol–water partition coefficient (Wildman–Crippen LogP) is -0.851. The number of rotatable bonds is 6. The van der Waals surface area contributed by atoms with E-state index >= 15 is 0 Å². The van der Waals surface area contributed by atoms with Crippen molar-refractivity contribution < 1.29 is 25.5 Å². The average molecular weight is 354 g/mol. The Morgan fingerprint density at radius 1 is 1.00 bits per heavy atom. The van der Waals surface area contributed by atoms with E-state index in [-0.39, 0.29) is 12.4 Å². The average Bonchev–Trinajstić information content (AvgIpc) is 2.59. The Kier molecular flexibility index (Phi) is 7.42. The minimum Gasteiger partial charge on any atom is -1.00 e. The van der Waals surface area contributed by atoms with Crippen LogP contribution in [0.3, 0.4) is 0 Å². The molecule has 1 N–H and O–H groups in total. The second-order valence-corrected chi connectivity index (χ2v) is 20.2. The Hall–Kier alpha value is 0.561. The molecule has 1 unspecified atom stereocenters. The first-order chi connectivity index (χ1) is 8.45. The summed E-state index contributed by atoms with van der Waals surface area (Å²) in [5.74, 6) is 0. The van der Waals surface area contributed by atoms with E-state index < -0.39 is 25.2 Å². The third kappa shape index (κ3) is 6.55. The lowest BCUT2D eigenvalue weighted by Crippen LogP contribution is -3.10. The summed E-state index contributed by atoms with van der Waals surface area (Å²) in [6, 6.07) is 0. The first kappa shape index (κ1) is 20.6. The summed E-state index contributed by atoms with van der Waals surface area (Å²) in [7, 11) is -5.35. The molecule has 1 aliphatic heterocycles. The van der Waals surface area contributed by atoms with E-state index in [0.29, 0.717) is 0 Å². The second-order valence-electron chi connectivity index (χ2n) is 7.59. The van der Waals surface area contributed by atoms with Crippen LogP contribution in [0.1, 0.15) is 6.92 Å². The molecule has 0 bridgehead atoms. The Morgan fingerprint density at radius 3 is 1.75 bits per heavy atom. The molecular formula is C13H32ClNO2Si3. The van der Waals surface area contributed by atoms with E-state index in [1.165, 1.54) is 11.7 Å². The van der Waals surface area contributed by atoms with Crippen molar-refractivity contribution in [1.29, 1.82) is 0 Å². The SMILES string of the molecule is CC[NH+]1CC=C([Si](C)(O[Si](C)(C)C)O[Si](C)(C)C)C1.[Cl-]. The van der Waals surface area contributed by atoms with Crippen molar-refractivity contribution in [3.05, 3.63) is 11.3 Å². The number of hydrogen-bond donors (Lipinski definition) is 1. The molecule has 7 heteroatoms. The van der Waals surface area contributed by atoms with Crippen LogP contribution in [0.5, 0.6) is 0 Å². The fraction of sp³-hybridized carbons (Fsp3) is 0.846. The van der Waals surface area contributed by atoms with Crippen LogP contribution in [0.25, 0.3) is 0 Å². The zero-order valence-electron chi connectivity index (χ0n) is 14.4. The molecule has 1 heterocycles. The van der Waals surface area contributed by atoms with Gasteiger partial charge in [0.2, 0.25) is 0 Å². The van der Waals surface area contributed by atoms with Crippen molar-refractivity contribution >= 4 is 25.2 Å². The third-order valence-electron chi connectivity index (χ3n) is 3.16. The van der Waals surface area contributed by atoms with Crippen molar-refractivity contribution in [1.82, 2.24) is 0 Å². The molecule has 0 aliphatic carbocycles. The van der Waals surface area contributed by atoms with E-state index in [1.807, 2.05) is 0 Å². The van der Waals surface area contributed by atoms with Gasteiger partial charge in [0, 0.05) is 5.20 Å². The zero-order valence-corrected chi connectivity index (χ0v) is 18.1.